The molecule has 1 N–H and O–H groups in total. The van der Waals surface area contributed by atoms with Gasteiger partial charge in [0.05, 0.1) is 6.61 Å². The molecule has 1 aliphatic rings. The van der Waals surface area contributed by atoms with Gasteiger partial charge < -0.3 is 15.0 Å². The van der Waals surface area contributed by atoms with Gasteiger partial charge in [0.1, 0.15) is 5.75 Å². The van der Waals surface area contributed by atoms with Gasteiger partial charge in [0, 0.05) is 29.5 Å². The highest BCUT2D eigenvalue weighted by Crippen LogP contribution is 2.26. The van der Waals surface area contributed by atoms with E-state index < -0.39 is 0 Å². The Morgan fingerprint density at radius 3 is 2.72 bits per heavy atom. The zero-order chi connectivity index (χ0) is 17.6. The molecule has 1 aliphatic heterocycles. The third-order valence-corrected chi connectivity index (χ3v) is 4.67. The lowest BCUT2D eigenvalue weighted by atomic mass is 10.0. The van der Waals surface area contributed by atoms with Crippen molar-refractivity contribution >= 4 is 17.3 Å². The molecule has 3 rings (SSSR count). The normalized spacial score (nSPS) is 17.2. The van der Waals surface area contributed by atoms with Crippen LogP contribution in [-0.4, -0.2) is 25.1 Å². The molecule has 1 heterocycles. The second-order valence-electron chi connectivity index (χ2n) is 6.50. The number of benzene rings is 2. The summed E-state index contributed by atoms with van der Waals surface area (Å²) in [6, 6.07) is 16.0. The molecule has 1 atom stereocenters. The van der Waals surface area contributed by atoms with Crippen molar-refractivity contribution in [2.45, 2.75) is 39.2 Å². The first kappa shape index (κ1) is 17.3. The number of rotatable bonds is 5. The molecule has 2 aromatic rings. The minimum absolute atomic E-state index is 0.124. The summed E-state index contributed by atoms with van der Waals surface area (Å²) in [6.07, 6.45) is 3.81. The fourth-order valence-electron chi connectivity index (χ4n) is 3.31. The highest BCUT2D eigenvalue weighted by atomic mass is 16.5. The van der Waals surface area contributed by atoms with Crippen LogP contribution in [0.25, 0.3) is 0 Å². The smallest absolute Gasteiger partial charge is 0.255 e. The highest BCUT2D eigenvalue weighted by Gasteiger charge is 2.18. The van der Waals surface area contributed by atoms with Crippen molar-refractivity contribution in [1.82, 2.24) is 0 Å². The molecule has 4 heteroatoms. The molecule has 0 saturated carbocycles. The van der Waals surface area contributed by atoms with Crippen molar-refractivity contribution in [3.63, 3.8) is 0 Å². The maximum absolute atomic E-state index is 12.4. The maximum Gasteiger partial charge on any atom is 0.255 e. The first-order valence-corrected chi connectivity index (χ1v) is 9.08. The number of carbonyl (C=O) groups excluding carboxylic acids is 1. The van der Waals surface area contributed by atoms with Crippen molar-refractivity contribution in [3.05, 3.63) is 54.1 Å². The largest absolute Gasteiger partial charge is 0.494 e. The Morgan fingerprint density at radius 1 is 1.20 bits per heavy atom. The van der Waals surface area contributed by atoms with E-state index in [1.807, 2.05) is 31.2 Å². The maximum atomic E-state index is 12.4. The van der Waals surface area contributed by atoms with Gasteiger partial charge in [-0.2, -0.15) is 0 Å². The van der Waals surface area contributed by atoms with Gasteiger partial charge in [-0.15, -0.1) is 0 Å². The second kappa shape index (κ2) is 8.06. The van der Waals surface area contributed by atoms with Crippen LogP contribution in [-0.2, 0) is 0 Å². The van der Waals surface area contributed by atoms with Crippen LogP contribution in [0.1, 0.15) is 43.5 Å². The number of piperidine rings is 1. The molecule has 1 saturated heterocycles. The molecule has 0 bridgehead atoms. The highest BCUT2D eigenvalue weighted by molar-refractivity contribution is 6.04. The number of nitrogens with one attached hydrogen (secondary N) is 1. The van der Waals surface area contributed by atoms with Crippen molar-refractivity contribution < 1.29 is 9.53 Å². The van der Waals surface area contributed by atoms with Gasteiger partial charge in [0.15, 0.2) is 0 Å². The summed E-state index contributed by atoms with van der Waals surface area (Å²) in [4.78, 5) is 14.9. The summed E-state index contributed by atoms with van der Waals surface area (Å²) in [5.74, 6) is 0.588. The number of nitrogens with zero attached hydrogens (tertiary/aromatic N) is 1. The Hall–Kier alpha value is -2.49. The van der Waals surface area contributed by atoms with Gasteiger partial charge in [-0.05, 0) is 75.6 Å². The zero-order valence-corrected chi connectivity index (χ0v) is 15.0. The first-order valence-electron chi connectivity index (χ1n) is 9.08. The summed E-state index contributed by atoms with van der Waals surface area (Å²) >= 11 is 0. The molecule has 0 aliphatic carbocycles. The number of ether oxygens (including phenoxy) is 1. The van der Waals surface area contributed by atoms with Crippen molar-refractivity contribution in [2.24, 2.45) is 0 Å². The molecule has 2 aromatic carbocycles. The van der Waals surface area contributed by atoms with Crippen LogP contribution in [0.3, 0.4) is 0 Å². The number of carbonyl (C=O) groups is 1. The zero-order valence-electron chi connectivity index (χ0n) is 15.0. The molecule has 1 amide bonds. The second-order valence-corrected chi connectivity index (χ2v) is 6.50. The topological polar surface area (TPSA) is 41.6 Å². The lowest BCUT2D eigenvalue weighted by Gasteiger charge is -2.35. The summed E-state index contributed by atoms with van der Waals surface area (Å²) in [5.41, 5.74) is 2.63. The number of anilines is 2. The standard InChI is InChI=1S/C21H26N2O2/c1-3-25-20-9-6-8-17(15-20)21(24)22-18-10-12-19(13-11-18)23-14-5-4-7-16(23)2/h6,8-13,15-16H,3-5,7,14H2,1-2H3,(H,22,24)/t16-/m1/s1. The molecule has 4 nitrogen and oxygen atoms in total. The lowest BCUT2D eigenvalue weighted by molar-refractivity contribution is 0.102. The Morgan fingerprint density at radius 2 is 2.00 bits per heavy atom. The average Bonchev–Trinajstić information content (AvgIpc) is 2.63. The van der Waals surface area contributed by atoms with E-state index in [2.05, 4.69) is 29.3 Å². The van der Waals surface area contributed by atoms with E-state index in [0.717, 1.165) is 12.2 Å². The molecule has 0 unspecified atom stereocenters. The van der Waals surface area contributed by atoms with Crippen LogP contribution >= 0.6 is 0 Å². The van der Waals surface area contributed by atoms with Crippen molar-refractivity contribution in [2.75, 3.05) is 23.4 Å². The molecule has 0 spiro atoms. The molecular formula is C21H26N2O2. The van der Waals surface area contributed by atoms with Gasteiger partial charge >= 0.3 is 0 Å². The van der Waals surface area contributed by atoms with Crippen LogP contribution in [0.15, 0.2) is 48.5 Å². The Bertz CT molecular complexity index is 712. The summed E-state index contributed by atoms with van der Waals surface area (Å²) < 4.78 is 5.45. The minimum Gasteiger partial charge on any atom is -0.494 e. The quantitative estimate of drug-likeness (QED) is 0.858. The third kappa shape index (κ3) is 4.32. The molecular weight excluding hydrogens is 312 g/mol. The van der Waals surface area contributed by atoms with E-state index in [0.29, 0.717) is 24.0 Å². The van der Waals surface area contributed by atoms with Crippen LogP contribution < -0.4 is 15.0 Å². The monoisotopic (exact) mass is 338 g/mol. The average molecular weight is 338 g/mol. The molecule has 132 valence electrons. The summed E-state index contributed by atoms with van der Waals surface area (Å²) in [5, 5.41) is 2.96. The van der Waals surface area contributed by atoms with E-state index in [4.69, 9.17) is 4.74 Å². The van der Waals surface area contributed by atoms with E-state index in [1.165, 1.54) is 24.9 Å². The van der Waals surface area contributed by atoms with E-state index in [-0.39, 0.29) is 5.91 Å². The lowest BCUT2D eigenvalue weighted by Crippen LogP contribution is -2.37. The predicted molar refractivity (Wildman–Crippen MR) is 103 cm³/mol. The van der Waals surface area contributed by atoms with Gasteiger partial charge in [-0.25, -0.2) is 0 Å². The Labute approximate surface area is 149 Å². The van der Waals surface area contributed by atoms with Crippen LogP contribution in [0.5, 0.6) is 5.75 Å². The van der Waals surface area contributed by atoms with Crippen LogP contribution in [0, 0.1) is 0 Å². The van der Waals surface area contributed by atoms with E-state index in [9.17, 15) is 4.79 Å². The molecule has 1 fully saturated rings. The van der Waals surface area contributed by atoms with Gasteiger partial charge in [-0.1, -0.05) is 6.07 Å². The van der Waals surface area contributed by atoms with E-state index >= 15 is 0 Å². The number of hydrogen-bond donors (Lipinski definition) is 1. The van der Waals surface area contributed by atoms with Gasteiger partial charge in [0.2, 0.25) is 0 Å². The van der Waals surface area contributed by atoms with Gasteiger partial charge in [-0.3, -0.25) is 4.79 Å². The van der Waals surface area contributed by atoms with Crippen LogP contribution in [0.4, 0.5) is 11.4 Å². The van der Waals surface area contributed by atoms with Crippen molar-refractivity contribution in [1.29, 1.82) is 0 Å². The number of amides is 1. The molecule has 0 radical (unpaired) electrons. The first-order chi connectivity index (χ1) is 12.2. The molecule has 0 aromatic heterocycles. The minimum atomic E-state index is -0.124. The van der Waals surface area contributed by atoms with E-state index in [1.54, 1.807) is 12.1 Å². The van der Waals surface area contributed by atoms with Crippen LogP contribution in [0.2, 0.25) is 0 Å². The third-order valence-electron chi connectivity index (χ3n) is 4.67. The SMILES string of the molecule is CCOc1cccc(C(=O)Nc2ccc(N3CCCC[C@H]3C)cc2)c1. The number of hydrogen-bond acceptors (Lipinski definition) is 3. The Kier molecular flexibility index (Phi) is 5.59. The predicted octanol–water partition coefficient (Wildman–Crippen LogP) is 4.72. The Balaban J connectivity index is 1.66. The summed E-state index contributed by atoms with van der Waals surface area (Å²) in [7, 11) is 0. The van der Waals surface area contributed by atoms with Crippen molar-refractivity contribution in [3.8, 4) is 5.75 Å². The fraction of sp³-hybridized carbons (Fsp3) is 0.381. The summed E-state index contributed by atoms with van der Waals surface area (Å²) in [6.45, 7) is 5.90. The molecule has 25 heavy (non-hydrogen) atoms. The fourth-order valence-corrected chi connectivity index (χ4v) is 3.31. The van der Waals surface area contributed by atoms with Gasteiger partial charge in [0.25, 0.3) is 5.91 Å².